The number of aromatic nitrogens is 1. The quantitative estimate of drug-likeness (QED) is 0.746. The van der Waals surface area contributed by atoms with Gasteiger partial charge in [0.2, 0.25) is 0 Å². The largest absolute Gasteiger partial charge is 0.491 e. The van der Waals surface area contributed by atoms with Gasteiger partial charge in [-0.1, -0.05) is 6.92 Å². The molecule has 2 aromatic rings. The summed E-state index contributed by atoms with van der Waals surface area (Å²) in [5, 5.41) is 0.875. The summed E-state index contributed by atoms with van der Waals surface area (Å²) in [6.07, 6.45) is 5.02. The van der Waals surface area contributed by atoms with Crippen molar-refractivity contribution in [2.24, 2.45) is 0 Å². The number of rotatable bonds is 6. The molecule has 1 aliphatic rings. The van der Waals surface area contributed by atoms with E-state index in [1.807, 2.05) is 12.3 Å². The van der Waals surface area contributed by atoms with Crippen LogP contribution in [0.4, 0.5) is 0 Å². The number of nitrogens with zero attached hydrogens (tertiary/aromatic N) is 1. The standard InChI is InChI=1S/C18H21NO4S/c1-3-16-10-19-17(24-16)12-7-13(18(20)21-2)9-15(8-12)23-11-14-5-4-6-22-14/h7-10,14H,3-6,11H2,1-2H3/t14-/m0/s1. The van der Waals surface area contributed by atoms with Crippen molar-refractivity contribution in [3.63, 3.8) is 0 Å². The van der Waals surface area contributed by atoms with Crippen molar-refractivity contribution in [2.45, 2.75) is 32.3 Å². The maximum absolute atomic E-state index is 12.0. The highest BCUT2D eigenvalue weighted by atomic mass is 32.1. The molecule has 2 heterocycles. The van der Waals surface area contributed by atoms with Crippen LogP contribution >= 0.6 is 11.3 Å². The topological polar surface area (TPSA) is 57.7 Å². The lowest BCUT2D eigenvalue weighted by molar-refractivity contribution is 0.0598. The summed E-state index contributed by atoms with van der Waals surface area (Å²) < 4.78 is 16.3. The molecule has 0 unspecified atom stereocenters. The van der Waals surface area contributed by atoms with Crippen molar-refractivity contribution >= 4 is 17.3 Å². The molecule has 0 bridgehead atoms. The van der Waals surface area contributed by atoms with Gasteiger partial charge in [0.15, 0.2) is 0 Å². The van der Waals surface area contributed by atoms with Crippen LogP contribution in [0.2, 0.25) is 0 Å². The molecular weight excluding hydrogens is 326 g/mol. The first-order chi connectivity index (χ1) is 11.7. The molecule has 0 aliphatic carbocycles. The molecule has 1 aromatic heterocycles. The molecule has 0 amide bonds. The molecule has 0 saturated carbocycles. The monoisotopic (exact) mass is 347 g/mol. The molecule has 1 atom stereocenters. The van der Waals surface area contributed by atoms with Gasteiger partial charge in [-0.3, -0.25) is 0 Å². The molecular formula is C18H21NO4S. The van der Waals surface area contributed by atoms with E-state index in [4.69, 9.17) is 14.2 Å². The molecule has 5 nitrogen and oxygen atoms in total. The van der Waals surface area contributed by atoms with Gasteiger partial charge in [-0.15, -0.1) is 11.3 Å². The summed E-state index contributed by atoms with van der Waals surface area (Å²) in [6.45, 7) is 3.38. The SMILES string of the molecule is CCc1cnc(-c2cc(OC[C@@H]3CCCO3)cc(C(=O)OC)c2)s1. The number of hydrogen-bond donors (Lipinski definition) is 0. The van der Waals surface area contributed by atoms with Gasteiger partial charge >= 0.3 is 5.97 Å². The maximum Gasteiger partial charge on any atom is 0.338 e. The third-order valence-electron chi connectivity index (χ3n) is 3.94. The van der Waals surface area contributed by atoms with E-state index in [1.165, 1.54) is 12.0 Å². The smallest absolute Gasteiger partial charge is 0.338 e. The van der Waals surface area contributed by atoms with Crippen molar-refractivity contribution in [1.82, 2.24) is 4.98 Å². The average molecular weight is 347 g/mol. The van der Waals surface area contributed by atoms with E-state index in [0.29, 0.717) is 17.9 Å². The van der Waals surface area contributed by atoms with Gasteiger partial charge in [0.25, 0.3) is 0 Å². The molecule has 24 heavy (non-hydrogen) atoms. The molecule has 128 valence electrons. The van der Waals surface area contributed by atoms with E-state index >= 15 is 0 Å². The average Bonchev–Trinajstić information content (AvgIpc) is 3.30. The Labute approximate surface area is 145 Å². The third-order valence-corrected chi connectivity index (χ3v) is 5.13. The fraction of sp³-hybridized carbons (Fsp3) is 0.444. The molecule has 0 radical (unpaired) electrons. The van der Waals surface area contributed by atoms with Crippen LogP contribution in [0.25, 0.3) is 10.6 Å². The Morgan fingerprint density at radius 2 is 2.29 bits per heavy atom. The zero-order valence-corrected chi connectivity index (χ0v) is 14.7. The van der Waals surface area contributed by atoms with E-state index in [9.17, 15) is 4.79 Å². The second kappa shape index (κ2) is 7.77. The number of benzene rings is 1. The second-order valence-electron chi connectivity index (χ2n) is 5.67. The van der Waals surface area contributed by atoms with Crippen molar-refractivity contribution in [2.75, 3.05) is 20.3 Å². The van der Waals surface area contributed by atoms with E-state index in [-0.39, 0.29) is 12.1 Å². The highest BCUT2D eigenvalue weighted by molar-refractivity contribution is 7.15. The predicted molar refractivity (Wildman–Crippen MR) is 92.7 cm³/mol. The first-order valence-electron chi connectivity index (χ1n) is 8.12. The van der Waals surface area contributed by atoms with Crippen LogP contribution in [0, 0.1) is 0 Å². The number of carbonyl (C=O) groups excluding carboxylic acids is 1. The second-order valence-corrected chi connectivity index (χ2v) is 6.78. The maximum atomic E-state index is 12.0. The van der Waals surface area contributed by atoms with E-state index in [1.54, 1.807) is 23.5 Å². The number of hydrogen-bond acceptors (Lipinski definition) is 6. The number of carbonyl (C=O) groups is 1. The Balaban J connectivity index is 1.86. The van der Waals surface area contributed by atoms with Crippen molar-refractivity contribution in [1.29, 1.82) is 0 Å². The van der Waals surface area contributed by atoms with Crippen LogP contribution in [0.5, 0.6) is 5.75 Å². The zero-order valence-electron chi connectivity index (χ0n) is 13.9. The lowest BCUT2D eigenvalue weighted by atomic mass is 10.1. The van der Waals surface area contributed by atoms with Gasteiger partial charge < -0.3 is 14.2 Å². The van der Waals surface area contributed by atoms with Gasteiger partial charge in [0, 0.05) is 23.2 Å². The van der Waals surface area contributed by atoms with Crippen LogP contribution in [-0.2, 0) is 15.9 Å². The molecule has 6 heteroatoms. The first-order valence-corrected chi connectivity index (χ1v) is 8.94. The Morgan fingerprint density at radius 1 is 1.42 bits per heavy atom. The van der Waals surface area contributed by atoms with Crippen LogP contribution in [0.1, 0.15) is 35.0 Å². The highest BCUT2D eigenvalue weighted by Crippen LogP contribution is 2.30. The molecule has 0 N–H and O–H groups in total. The Bertz CT molecular complexity index is 707. The molecule has 1 fully saturated rings. The van der Waals surface area contributed by atoms with Gasteiger partial charge in [0.05, 0.1) is 18.8 Å². The Hall–Kier alpha value is -1.92. The fourth-order valence-electron chi connectivity index (χ4n) is 2.61. The van der Waals surface area contributed by atoms with Crippen molar-refractivity contribution in [3.8, 4) is 16.3 Å². The van der Waals surface area contributed by atoms with Crippen molar-refractivity contribution in [3.05, 3.63) is 34.8 Å². The van der Waals surface area contributed by atoms with Crippen LogP contribution in [0.3, 0.4) is 0 Å². The summed E-state index contributed by atoms with van der Waals surface area (Å²) >= 11 is 1.62. The Morgan fingerprint density at radius 3 is 2.96 bits per heavy atom. The number of thiazole rings is 1. The summed E-state index contributed by atoms with van der Waals surface area (Å²) in [7, 11) is 1.38. The van der Waals surface area contributed by atoms with Gasteiger partial charge in [-0.05, 0) is 37.5 Å². The molecule has 1 saturated heterocycles. The molecule has 1 aromatic carbocycles. The minimum Gasteiger partial charge on any atom is -0.491 e. The van der Waals surface area contributed by atoms with Crippen LogP contribution < -0.4 is 4.74 Å². The summed E-state index contributed by atoms with van der Waals surface area (Å²) in [6, 6.07) is 5.42. The fourth-order valence-corrected chi connectivity index (χ4v) is 3.45. The summed E-state index contributed by atoms with van der Waals surface area (Å²) in [5.41, 5.74) is 1.33. The Kier molecular flexibility index (Phi) is 5.48. The third kappa shape index (κ3) is 3.94. The normalized spacial score (nSPS) is 17.0. The summed E-state index contributed by atoms with van der Waals surface area (Å²) in [5.74, 6) is 0.253. The van der Waals surface area contributed by atoms with Gasteiger partial charge in [-0.25, -0.2) is 9.78 Å². The molecule has 0 spiro atoms. The van der Waals surface area contributed by atoms with Crippen molar-refractivity contribution < 1.29 is 19.0 Å². The van der Waals surface area contributed by atoms with E-state index in [0.717, 1.165) is 36.4 Å². The number of aryl methyl sites for hydroxylation is 1. The lowest BCUT2D eigenvalue weighted by Crippen LogP contribution is -2.16. The minimum absolute atomic E-state index is 0.127. The molecule has 3 rings (SSSR count). The van der Waals surface area contributed by atoms with Crippen LogP contribution in [0.15, 0.2) is 24.4 Å². The first kappa shape index (κ1) is 16.9. The minimum atomic E-state index is -0.383. The molecule has 1 aliphatic heterocycles. The predicted octanol–water partition coefficient (Wildman–Crippen LogP) is 3.72. The van der Waals surface area contributed by atoms with E-state index in [2.05, 4.69) is 11.9 Å². The van der Waals surface area contributed by atoms with Crippen LogP contribution in [-0.4, -0.2) is 37.4 Å². The highest BCUT2D eigenvalue weighted by Gasteiger charge is 2.18. The zero-order chi connectivity index (χ0) is 16.9. The van der Waals surface area contributed by atoms with E-state index < -0.39 is 0 Å². The summed E-state index contributed by atoms with van der Waals surface area (Å²) in [4.78, 5) is 17.6. The number of ether oxygens (including phenoxy) is 3. The number of methoxy groups -OCH3 is 1. The lowest BCUT2D eigenvalue weighted by Gasteiger charge is -2.13. The number of esters is 1. The van der Waals surface area contributed by atoms with Gasteiger partial charge in [-0.2, -0.15) is 0 Å². The van der Waals surface area contributed by atoms with Gasteiger partial charge in [0.1, 0.15) is 17.4 Å².